The Balaban J connectivity index is 1.42. The van der Waals surface area contributed by atoms with E-state index in [2.05, 4.69) is 4.98 Å². The van der Waals surface area contributed by atoms with Crippen molar-refractivity contribution in [3.05, 3.63) is 46.5 Å². The summed E-state index contributed by atoms with van der Waals surface area (Å²) in [7, 11) is 0. The number of amides is 2. The molecule has 1 aromatic heterocycles. The lowest BCUT2D eigenvalue weighted by Gasteiger charge is -2.22. The highest BCUT2D eigenvalue weighted by atomic mass is 32.1. The van der Waals surface area contributed by atoms with Gasteiger partial charge in [-0.1, -0.05) is 12.1 Å². The molecular weight excluding hydrogens is 403 g/mol. The van der Waals surface area contributed by atoms with Gasteiger partial charge in [0.25, 0.3) is 0 Å². The second kappa shape index (κ2) is 7.78. The predicted octanol–water partition coefficient (Wildman–Crippen LogP) is 4.02. The van der Waals surface area contributed by atoms with Crippen LogP contribution in [0.5, 0.6) is 0 Å². The Bertz CT molecular complexity index is 906. The van der Waals surface area contributed by atoms with Gasteiger partial charge in [0.05, 0.1) is 17.7 Å². The average molecular weight is 423 g/mol. The predicted molar refractivity (Wildman–Crippen MR) is 102 cm³/mol. The lowest BCUT2D eigenvalue weighted by Crippen LogP contribution is -2.34. The molecule has 2 amide bonds. The minimum Gasteiger partial charge on any atom is -0.335 e. The van der Waals surface area contributed by atoms with Crippen molar-refractivity contribution < 1.29 is 22.8 Å². The number of hydrogen-bond donors (Lipinski definition) is 0. The Morgan fingerprint density at radius 2 is 1.97 bits per heavy atom. The molecule has 2 aromatic rings. The molecule has 1 saturated heterocycles. The van der Waals surface area contributed by atoms with Crippen molar-refractivity contribution in [3.8, 4) is 0 Å². The van der Waals surface area contributed by atoms with Crippen LogP contribution in [0, 0.1) is 0 Å². The summed E-state index contributed by atoms with van der Waals surface area (Å²) in [5.41, 5.74) is 0.588. The summed E-state index contributed by atoms with van der Waals surface area (Å²) in [5.74, 6) is -0.0452. The van der Waals surface area contributed by atoms with Crippen molar-refractivity contribution in [2.75, 3.05) is 11.4 Å². The van der Waals surface area contributed by atoms with E-state index >= 15 is 0 Å². The van der Waals surface area contributed by atoms with E-state index in [9.17, 15) is 22.8 Å². The zero-order valence-electron chi connectivity index (χ0n) is 15.6. The molecule has 1 aromatic carbocycles. The van der Waals surface area contributed by atoms with Gasteiger partial charge in [0.1, 0.15) is 0 Å². The number of halogens is 3. The molecule has 2 aliphatic rings. The number of aromatic nitrogens is 1. The van der Waals surface area contributed by atoms with Gasteiger partial charge < -0.3 is 4.90 Å². The summed E-state index contributed by atoms with van der Waals surface area (Å²) in [5, 5.41) is 2.41. The van der Waals surface area contributed by atoms with Crippen LogP contribution in [0.4, 0.5) is 18.3 Å². The number of hydrogen-bond acceptors (Lipinski definition) is 4. The van der Waals surface area contributed by atoms with Gasteiger partial charge in [-0.3, -0.25) is 14.5 Å². The van der Waals surface area contributed by atoms with E-state index in [1.165, 1.54) is 23.5 Å². The third kappa shape index (κ3) is 4.60. The van der Waals surface area contributed by atoms with E-state index in [0.29, 0.717) is 29.4 Å². The SMILES string of the molecule is O=C1CCCN1c1nc(CC(=O)N(Cc2ccc(C(F)(F)F)cc2)C2CC2)cs1. The third-order valence-corrected chi connectivity index (χ3v) is 6.03. The summed E-state index contributed by atoms with van der Waals surface area (Å²) in [6, 6.07) is 5.06. The number of thiazole rings is 1. The lowest BCUT2D eigenvalue weighted by atomic mass is 10.1. The second-order valence-electron chi connectivity index (χ2n) is 7.39. The number of nitrogens with zero attached hydrogens (tertiary/aromatic N) is 3. The summed E-state index contributed by atoms with van der Waals surface area (Å²) < 4.78 is 38.2. The van der Waals surface area contributed by atoms with Crippen LogP contribution in [-0.4, -0.2) is 34.3 Å². The normalized spacial score (nSPS) is 17.1. The van der Waals surface area contributed by atoms with Gasteiger partial charge in [-0.2, -0.15) is 13.2 Å². The highest BCUT2D eigenvalue weighted by molar-refractivity contribution is 7.14. The van der Waals surface area contributed by atoms with Crippen molar-refractivity contribution in [3.63, 3.8) is 0 Å². The lowest BCUT2D eigenvalue weighted by molar-refractivity contribution is -0.137. The Labute approximate surface area is 170 Å². The van der Waals surface area contributed by atoms with Crippen molar-refractivity contribution >= 4 is 28.3 Å². The van der Waals surface area contributed by atoms with Crippen LogP contribution in [-0.2, 0) is 28.7 Å². The maximum atomic E-state index is 12.8. The number of carbonyl (C=O) groups excluding carboxylic acids is 2. The minimum absolute atomic E-state index is 0.0548. The van der Waals surface area contributed by atoms with Crippen LogP contribution in [0.1, 0.15) is 42.5 Å². The summed E-state index contributed by atoms with van der Waals surface area (Å²) in [6.45, 7) is 0.936. The number of anilines is 1. The first-order chi connectivity index (χ1) is 13.8. The first-order valence-corrected chi connectivity index (χ1v) is 10.4. The topological polar surface area (TPSA) is 53.5 Å². The summed E-state index contributed by atoms with van der Waals surface area (Å²) in [4.78, 5) is 32.5. The first-order valence-electron chi connectivity index (χ1n) is 9.51. The van der Waals surface area contributed by atoms with Crippen LogP contribution in [0.15, 0.2) is 29.6 Å². The van der Waals surface area contributed by atoms with Crippen molar-refractivity contribution in [1.29, 1.82) is 0 Å². The average Bonchev–Trinajstić information content (AvgIpc) is 3.26. The molecule has 0 N–H and O–H groups in total. The molecule has 0 unspecified atom stereocenters. The van der Waals surface area contributed by atoms with Gasteiger partial charge in [0, 0.05) is 30.9 Å². The van der Waals surface area contributed by atoms with E-state index in [4.69, 9.17) is 0 Å². The van der Waals surface area contributed by atoms with Crippen LogP contribution in [0.25, 0.3) is 0 Å². The molecule has 5 nitrogen and oxygen atoms in total. The van der Waals surface area contributed by atoms with E-state index in [0.717, 1.165) is 31.4 Å². The number of benzene rings is 1. The van der Waals surface area contributed by atoms with Crippen LogP contribution >= 0.6 is 11.3 Å². The van der Waals surface area contributed by atoms with Crippen molar-refractivity contribution in [2.45, 2.75) is 50.9 Å². The van der Waals surface area contributed by atoms with Gasteiger partial charge in [-0.05, 0) is 37.0 Å². The third-order valence-electron chi connectivity index (χ3n) is 5.12. The fourth-order valence-corrected chi connectivity index (χ4v) is 4.28. The van der Waals surface area contributed by atoms with Crippen LogP contribution in [0.3, 0.4) is 0 Å². The molecule has 1 saturated carbocycles. The van der Waals surface area contributed by atoms with E-state index in [1.54, 1.807) is 15.2 Å². The molecule has 2 fully saturated rings. The minimum atomic E-state index is -4.37. The van der Waals surface area contributed by atoms with E-state index < -0.39 is 11.7 Å². The molecule has 1 aliphatic heterocycles. The van der Waals surface area contributed by atoms with Gasteiger partial charge in [-0.15, -0.1) is 11.3 Å². The Kier molecular flexibility index (Phi) is 5.33. The molecule has 0 radical (unpaired) electrons. The molecule has 0 atom stereocenters. The molecule has 2 heterocycles. The number of rotatable bonds is 6. The summed E-state index contributed by atoms with van der Waals surface area (Å²) >= 11 is 1.35. The maximum absolute atomic E-state index is 12.8. The molecular formula is C20H20F3N3O2S. The highest BCUT2D eigenvalue weighted by Gasteiger charge is 2.34. The molecule has 29 heavy (non-hydrogen) atoms. The van der Waals surface area contributed by atoms with Crippen LogP contribution < -0.4 is 4.90 Å². The zero-order valence-corrected chi connectivity index (χ0v) is 16.4. The van der Waals surface area contributed by atoms with Crippen LogP contribution in [0.2, 0.25) is 0 Å². The van der Waals surface area contributed by atoms with Crippen molar-refractivity contribution in [1.82, 2.24) is 9.88 Å². The second-order valence-corrected chi connectivity index (χ2v) is 8.23. The molecule has 9 heteroatoms. The first kappa shape index (κ1) is 19.9. The largest absolute Gasteiger partial charge is 0.416 e. The molecule has 4 rings (SSSR count). The fraction of sp³-hybridized carbons (Fsp3) is 0.450. The molecule has 1 aliphatic carbocycles. The monoisotopic (exact) mass is 423 g/mol. The molecule has 0 bridgehead atoms. The Morgan fingerprint density at radius 1 is 1.24 bits per heavy atom. The highest BCUT2D eigenvalue weighted by Crippen LogP contribution is 2.32. The van der Waals surface area contributed by atoms with Gasteiger partial charge in [0.2, 0.25) is 11.8 Å². The summed E-state index contributed by atoms with van der Waals surface area (Å²) in [6.07, 6.45) is -1.11. The Morgan fingerprint density at radius 3 is 2.55 bits per heavy atom. The maximum Gasteiger partial charge on any atom is 0.416 e. The Hall–Kier alpha value is -2.42. The molecule has 154 valence electrons. The van der Waals surface area contributed by atoms with Gasteiger partial charge in [-0.25, -0.2) is 4.98 Å². The van der Waals surface area contributed by atoms with Crippen molar-refractivity contribution in [2.24, 2.45) is 0 Å². The van der Waals surface area contributed by atoms with E-state index in [-0.39, 0.29) is 30.8 Å². The fourth-order valence-electron chi connectivity index (χ4n) is 3.41. The zero-order chi connectivity index (χ0) is 20.6. The van der Waals surface area contributed by atoms with Gasteiger partial charge >= 0.3 is 6.18 Å². The van der Waals surface area contributed by atoms with E-state index in [1.807, 2.05) is 0 Å². The molecule has 0 spiro atoms. The number of carbonyl (C=O) groups is 2. The smallest absolute Gasteiger partial charge is 0.335 e. The standard InChI is InChI=1S/C20H20F3N3O2S/c21-20(22,23)14-5-3-13(4-6-14)11-26(16-7-8-16)18(28)10-15-12-29-19(24-15)25-9-1-2-17(25)27/h3-6,12,16H,1-2,7-11H2. The number of alkyl halides is 3. The quantitative estimate of drug-likeness (QED) is 0.705. The van der Waals surface area contributed by atoms with Gasteiger partial charge in [0.15, 0.2) is 5.13 Å².